The van der Waals surface area contributed by atoms with Gasteiger partial charge in [0.1, 0.15) is 6.54 Å². The molecule has 0 spiro atoms. The van der Waals surface area contributed by atoms with Gasteiger partial charge < -0.3 is 14.4 Å². The second kappa shape index (κ2) is 11.8. The molecule has 196 valence electrons. The summed E-state index contributed by atoms with van der Waals surface area (Å²) < 4.78 is 2.23. The lowest BCUT2D eigenvalue weighted by Gasteiger charge is -2.33. The van der Waals surface area contributed by atoms with E-state index < -0.39 is 0 Å². The predicted octanol–water partition coefficient (Wildman–Crippen LogP) is 6.01. The van der Waals surface area contributed by atoms with Crippen molar-refractivity contribution in [3.8, 4) is 0 Å². The van der Waals surface area contributed by atoms with Crippen LogP contribution in [-0.2, 0) is 22.7 Å². The van der Waals surface area contributed by atoms with Gasteiger partial charge in [-0.3, -0.25) is 9.59 Å². The van der Waals surface area contributed by atoms with Crippen molar-refractivity contribution >= 4 is 11.8 Å². The molecule has 1 heterocycles. The quantitative estimate of drug-likeness (QED) is 0.324. The SMILES string of the molecule is CCC(C)N(Cc1cccn1Cc1ccccc1C)C(=O)CN(C(=O)C1CC1c1ccccc1)C(C)C. The first-order valence-corrected chi connectivity index (χ1v) is 13.6. The van der Waals surface area contributed by atoms with Crippen molar-refractivity contribution in [2.24, 2.45) is 5.92 Å². The molecule has 0 N–H and O–H groups in total. The zero-order valence-corrected chi connectivity index (χ0v) is 22.9. The second-order valence-electron chi connectivity index (χ2n) is 10.8. The fourth-order valence-corrected chi connectivity index (χ4v) is 5.10. The highest BCUT2D eigenvalue weighted by molar-refractivity contribution is 5.88. The predicted molar refractivity (Wildman–Crippen MR) is 149 cm³/mol. The molecular formula is C32H41N3O2. The maximum absolute atomic E-state index is 13.7. The molecule has 5 heteroatoms. The monoisotopic (exact) mass is 499 g/mol. The van der Waals surface area contributed by atoms with Crippen LogP contribution in [0.15, 0.2) is 72.9 Å². The normalized spacial score (nSPS) is 17.5. The van der Waals surface area contributed by atoms with E-state index in [4.69, 9.17) is 0 Å². The minimum atomic E-state index is -0.0304. The Bertz CT molecular complexity index is 1200. The molecule has 37 heavy (non-hydrogen) atoms. The summed E-state index contributed by atoms with van der Waals surface area (Å²) in [6.07, 6.45) is 3.81. The van der Waals surface area contributed by atoms with E-state index in [-0.39, 0.29) is 42.3 Å². The van der Waals surface area contributed by atoms with Crippen molar-refractivity contribution in [3.63, 3.8) is 0 Å². The van der Waals surface area contributed by atoms with E-state index in [0.717, 1.165) is 25.1 Å². The zero-order chi connectivity index (χ0) is 26.5. The van der Waals surface area contributed by atoms with E-state index in [9.17, 15) is 9.59 Å². The maximum Gasteiger partial charge on any atom is 0.242 e. The lowest BCUT2D eigenvalue weighted by Crippen LogP contribution is -2.48. The zero-order valence-electron chi connectivity index (χ0n) is 22.9. The first kappa shape index (κ1) is 26.7. The first-order chi connectivity index (χ1) is 17.8. The van der Waals surface area contributed by atoms with Crippen LogP contribution < -0.4 is 0 Å². The Balaban J connectivity index is 1.47. The van der Waals surface area contributed by atoms with Crippen molar-refractivity contribution in [2.75, 3.05) is 6.54 Å². The van der Waals surface area contributed by atoms with E-state index >= 15 is 0 Å². The molecule has 1 saturated carbocycles. The molecule has 0 radical (unpaired) electrons. The van der Waals surface area contributed by atoms with Gasteiger partial charge in [0.25, 0.3) is 0 Å². The third-order valence-electron chi connectivity index (χ3n) is 7.85. The molecule has 0 saturated heterocycles. The Morgan fingerprint density at radius 3 is 2.32 bits per heavy atom. The van der Waals surface area contributed by atoms with Crippen molar-refractivity contribution in [2.45, 2.75) is 78.6 Å². The van der Waals surface area contributed by atoms with Gasteiger partial charge in [-0.15, -0.1) is 0 Å². The Kier molecular flexibility index (Phi) is 8.52. The summed E-state index contributed by atoms with van der Waals surface area (Å²) >= 11 is 0. The smallest absolute Gasteiger partial charge is 0.242 e. The van der Waals surface area contributed by atoms with Crippen LogP contribution in [0.2, 0.25) is 0 Å². The number of rotatable bonds is 11. The van der Waals surface area contributed by atoms with Gasteiger partial charge in [0.05, 0.1) is 6.54 Å². The van der Waals surface area contributed by atoms with Crippen LogP contribution in [0, 0.1) is 12.8 Å². The van der Waals surface area contributed by atoms with E-state index in [1.807, 2.05) is 43.0 Å². The number of carbonyl (C=O) groups is 2. The van der Waals surface area contributed by atoms with Crippen molar-refractivity contribution in [1.29, 1.82) is 0 Å². The van der Waals surface area contributed by atoms with Gasteiger partial charge in [0.15, 0.2) is 0 Å². The van der Waals surface area contributed by atoms with E-state index in [1.54, 1.807) is 4.90 Å². The minimum absolute atomic E-state index is 0.0111. The van der Waals surface area contributed by atoms with Gasteiger partial charge in [-0.05, 0) is 75.3 Å². The van der Waals surface area contributed by atoms with E-state index in [2.05, 4.69) is 74.0 Å². The molecule has 1 aliphatic carbocycles. The first-order valence-electron chi connectivity index (χ1n) is 13.6. The molecule has 5 nitrogen and oxygen atoms in total. The Morgan fingerprint density at radius 2 is 1.65 bits per heavy atom. The minimum Gasteiger partial charge on any atom is -0.345 e. The number of aromatic nitrogens is 1. The molecule has 3 unspecified atom stereocenters. The summed E-state index contributed by atoms with van der Waals surface area (Å²) in [5.41, 5.74) is 4.85. The largest absolute Gasteiger partial charge is 0.345 e. The summed E-state index contributed by atoms with van der Waals surface area (Å²) in [6, 6.07) is 22.9. The highest BCUT2D eigenvalue weighted by Gasteiger charge is 2.46. The standard InChI is InChI=1S/C32H41N3O2/c1-6-25(5)35(21-28-17-12-18-33(28)20-27-16-11-10-13-24(27)4)31(36)22-34(23(2)3)32(37)30-19-29(30)26-14-8-7-9-15-26/h7-18,23,25,29-30H,6,19-22H2,1-5H3. The Labute approximate surface area is 222 Å². The number of hydrogen-bond donors (Lipinski definition) is 0. The summed E-state index contributed by atoms with van der Waals surface area (Å²) in [5, 5.41) is 0. The molecule has 3 aromatic rings. The summed E-state index contributed by atoms with van der Waals surface area (Å²) in [7, 11) is 0. The highest BCUT2D eigenvalue weighted by Crippen LogP contribution is 2.48. The Morgan fingerprint density at radius 1 is 0.946 bits per heavy atom. The molecule has 1 aliphatic rings. The van der Waals surface area contributed by atoms with Gasteiger partial charge >= 0.3 is 0 Å². The number of hydrogen-bond acceptors (Lipinski definition) is 2. The van der Waals surface area contributed by atoms with Crippen LogP contribution in [0.5, 0.6) is 0 Å². The van der Waals surface area contributed by atoms with Crippen molar-refractivity contribution in [3.05, 3.63) is 95.3 Å². The van der Waals surface area contributed by atoms with Gasteiger partial charge in [-0.2, -0.15) is 0 Å². The maximum atomic E-state index is 13.7. The highest BCUT2D eigenvalue weighted by atomic mass is 16.2. The molecule has 0 aliphatic heterocycles. The van der Waals surface area contributed by atoms with Gasteiger partial charge in [-0.25, -0.2) is 0 Å². The van der Waals surface area contributed by atoms with Crippen molar-refractivity contribution < 1.29 is 9.59 Å². The van der Waals surface area contributed by atoms with Crippen LogP contribution in [0.25, 0.3) is 0 Å². The van der Waals surface area contributed by atoms with E-state index in [0.29, 0.717) is 6.54 Å². The molecule has 3 atom stereocenters. The molecule has 2 amide bonds. The number of aryl methyl sites for hydroxylation is 1. The summed E-state index contributed by atoms with van der Waals surface area (Å²) in [5.74, 6) is 0.350. The molecule has 2 aromatic carbocycles. The average molecular weight is 500 g/mol. The summed E-state index contributed by atoms with van der Waals surface area (Å²) in [6.45, 7) is 11.8. The fraction of sp³-hybridized carbons (Fsp3) is 0.438. The van der Waals surface area contributed by atoms with E-state index in [1.165, 1.54) is 16.7 Å². The number of benzene rings is 2. The van der Waals surface area contributed by atoms with Gasteiger partial charge in [-0.1, -0.05) is 61.5 Å². The molecule has 1 fully saturated rings. The molecule has 4 rings (SSSR count). The Hall–Kier alpha value is -3.34. The third-order valence-corrected chi connectivity index (χ3v) is 7.85. The number of carbonyl (C=O) groups excluding carboxylic acids is 2. The second-order valence-corrected chi connectivity index (χ2v) is 10.8. The third kappa shape index (κ3) is 6.33. The van der Waals surface area contributed by atoms with Gasteiger partial charge in [0.2, 0.25) is 11.8 Å². The van der Waals surface area contributed by atoms with Crippen LogP contribution in [0.3, 0.4) is 0 Å². The molecule has 0 bridgehead atoms. The van der Waals surface area contributed by atoms with Crippen LogP contribution in [0.1, 0.15) is 68.8 Å². The van der Waals surface area contributed by atoms with Crippen molar-refractivity contribution in [1.82, 2.24) is 14.4 Å². The molecule has 1 aromatic heterocycles. The average Bonchev–Trinajstić information content (AvgIpc) is 3.59. The van der Waals surface area contributed by atoms with Crippen LogP contribution in [0.4, 0.5) is 0 Å². The lowest BCUT2D eigenvalue weighted by atomic mass is 10.1. The fourth-order valence-electron chi connectivity index (χ4n) is 5.10. The van der Waals surface area contributed by atoms with Crippen LogP contribution in [-0.4, -0.2) is 44.8 Å². The summed E-state index contributed by atoms with van der Waals surface area (Å²) in [4.78, 5) is 31.0. The van der Waals surface area contributed by atoms with Crippen LogP contribution >= 0.6 is 0 Å². The lowest BCUT2D eigenvalue weighted by molar-refractivity contribution is -0.144. The topological polar surface area (TPSA) is 45.6 Å². The van der Waals surface area contributed by atoms with Gasteiger partial charge in [0, 0.05) is 36.4 Å². The number of amides is 2. The number of nitrogens with zero attached hydrogens (tertiary/aromatic N) is 3. The molecular weight excluding hydrogens is 458 g/mol.